The van der Waals surface area contributed by atoms with E-state index < -0.39 is 0 Å². The molecule has 0 unspecified atom stereocenters. The van der Waals surface area contributed by atoms with E-state index in [-0.39, 0.29) is 30.4 Å². The lowest BCUT2D eigenvalue weighted by Gasteiger charge is -2.33. The maximum Gasteiger partial charge on any atom is 0.245 e. The monoisotopic (exact) mass is 289 g/mol. The first-order chi connectivity index (χ1) is 10.1. The number of likely N-dealkylation sites (N-methyl/N-ethyl adjacent to an activating group) is 1. The molecular formula is C14H19N5O2. The van der Waals surface area contributed by atoms with E-state index >= 15 is 0 Å². The summed E-state index contributed by atoms with van der Waals surface area (Å²) in [6.45, 7) is 2.76. The van der Waals surface area contributed by atoms with Crippen molar-refractivity contribution in [3.8, 4) is 0 Å². The number of anilines is 1. The molecule has 0 saturated carbocycles. The molecular weight excluding hydrogens is 270 g/mol. The van der Waals surface area contributed by atoms with Gasteiger partial charge in [0, 0.05) is 31.4 Å². The van der Waals surface area contributed by atoms with Crippen LogP contribution < -0.4 is 5.32 Å². The number of piperazine rings is 1. The van der Waals surface area contributed by atoms with Crippen LogP contribution in [0.2, 0.25) is 0 Å². The van der Waals surface area contributed by atoms with Crippen LogP contribution in [0.25, 0.3) is 0 Å². The first-order valence-corrected chi connectivity index (χ1v) is 7.20. The number of hydrogen-bond acceptors (Lipinski definition) is 5. The van der Waals surface area contributed by atoms with Crippen LogP contribution in [-0.2, 0) is 16.0 Å². The van der Waals surface area contributed by atoms with Crippen molar-refractivity contribution in [1.29, 1.82) is 0 Å². The zero-order chi connectivity index (χ0) is 15.0. The molecule has 0 aliphatic carbocycles. The molecule has 2 atom stereocenters. The van der Waals surface area contributed by atoms with Crippen molar-refractivity contribution in [2.75, 3.05) is 25.5 Å². The van der Waals surface area contributed by atoms with Crippen molar-refractivity contribution < 1.29 is 9.59 Å². The Kier molecular flexibility index (Phi) is 3.48. The van der Waals surface area contributed by atoms with Crippen LogP contribution in [0.5, 0.6) is 0 Å². The van der Waals surface area contributed by atoms with Crippen LogP contribution in [-0.4, -0.2) is 63.8 Å². The van der Waals surface area contributed by atoms with Gasteiger partial charge in [-0.2, -0.15) is 0 Å². The van der Waals surface area contributed by atoms with Gasteiger partial charge in [-0.15, -0.1) is 0 Å². The van der Waals surface area contributed by atoms with Gasteiger partial charge in [-0.25, -0.2) is 9.97 Å². The van der Waals surface area contributed by atoms with Gasteiger partial charge < -0.3 is 15.1 Å². The van der Waals surface area contributed by atoms with E-state index in [1.54, 1.807) is 11.9 Å². The summed E-state index contributed by atoms with van der Waals surface area (Å²) in [5.74, 6) is 0.791. The quantitative estimate of drug-likeness (QED) is 0.840. The third-order valence-electron chi connectivity index (χ3n) is 4.09. The third-order valence-corrected chi connectivity index (χ3v) is 4.09. The van der Waals surface area contributed by atoms with Crippen molar-refractivity contribution in [3.05, 3.63) is 18.1 Å². The van der Waals surface area contributed by atoms with Crippen molar-refractivity contribution in [3.63, 3.8) is 0 Å². The summed E-state index contributed by atoms with van der Waals surface area (Å²) in [6.07, 6.45) is 3.01. The summed E-state index contributed by atoms with van der Waals surface area (Å²) in [5.41, 5.74) is 0.968. The smallest absolute Gasteiger partial charge is 0.245 e. The Morgan fingerprint density at radius 1 is 1.38 bits per heavy atom. The molecule has 1 aromatic heterocycles. The van der Waals surface area contributed by atoms with Crippen molar-refractivity contribution >= 4 is 17.6 Å². The fourth-order valence-electron chi connectivity index (χ4n) is 2.96. The van der Waals surface area contributed by atoms with Crippen LogP contribution in [0.4, 0.5) is 5.82 Å². The number of rotatable bonds is 3. The molecule has 1 N–H and O–H groups in total. The third kappa shape index (κ3) is 2.55. The Morgan fingerprint density at radius 2 is 2.19 bits per heavy atom. The van der Waals surface area contributed by atoms with Gasteiger partial charge in [0.2, 0.25) is 11.8 Å². The average molecular weight is 289 g/mol. The second kappa shape index (κ2) is 5.31. The molecule has 7 heteroatoms. The molecule has 7 nitrogen and oxygen atoms in total. The Labute approximate surface area is 123 Å². The molecule has 0 bridgehead atoms. The molecule has 0 radical (unpaired) electrons. The normalized spacial score (nSPS) is 25.2. The highest BCUT2D eigenvalue weighted by Crippen LogP contribution is 2.25. The first kappa shape index (κ1) is 13.8. The number of amides is 2. The van der Waals surface area contributed by atoms with E-state index in [2.05, 4.69) is 15.3 Å². The predicted molar refractivity (Wildman–Crippen MR) is 76.6 cm³/mol. The molecule has 3 heterocycles. The molecule has 1 aromatic rings. The Bertz CT molecular complexity index is 576. The standard InChI is InChI=1S/C14H19N5O2/c1-3-9-5-12(16-8-15-9)17-10-4-11-14(21)18(2)7-13(20)19(11)6-10/h5,8,10-11H,3-4,6-7H2,1-2H3,(H,15,16,17)/t10-,11+/m1/s1. The summed E-state index contributed by atoms with van der Waals surface area (Å²) in [5, 5.41) is 3.31. The van der Waals surface area contributed by atoms with Crippen LogP contribution >= 0.6 is 0 Å². The maximum absolute atomic E-state index is 12.1. The van der Waals surface area contributed by atoms with Gasteiger partial charge in [-0.05, 0) is 12.8 Å². The van der Waals surface area contributed by atoms with Gasteiger partial charge in [0.05, 0.1) is 6.54 Å². The zero-order valence-corrected chi connectivity index (χ0v) is 12.2. The van der Waals surface area contributed by atoms with Gasteiger partial charge in [-0.1, -0.05) is 6.92 Å². The van der Waals surface area contributed by atoms with E-state index in [1.165, 1.54) is 11.2 Å². The van der Waals surface area contributed by atoms with E-state index in [4.69, 9.17) is 0 Å². The minimum absolute atomic E-state index is 0.0170. The Morgan fingerprint density at radius 3 is 2.95 bits per heavy atom. The van der Waals surface area contributed by atoms with Crippen LogP contribution in [0.15, 0.2) is 12.4 Å². The Balaban J connectivity index is 1.71. The molecule has 2 amide bonds. The number of carbonyl (C=O) groups is 2. The molecule has 0 spiro atoms. The molecule has 2 aliphatic heterocycles. The van der Waals surface area contributed by atoms with Gasteiger partial charge >= 0.3 is 0 Å². The molecule has 3 rings (SSSR count). The topological polar surface area (TPSA) is 78.4 Å². The summed E-state index contributed by atoms with van der Waals surface area (Å²) in [7, 11) is 1.68. The fourth-order valence-corrected chi connectivity index (χ4v) is 2.96. The number of nitrogens with one attached hydrogen (secondary N) is 1. The van der Waals surface area contributed by atoms with E-state index in [0.717, 1.165) is 17.9 Å². The van der Waals surface area contributed by atoms with Crippen molar-refractivity contribution in [2.45, 2.75) is 31.8 Å². The zero-order valence-electron chi connectivity index (χ0n) is 12.2. The highest BCUT2D eigenvalue weighted by molar-refractivity contribution is 5.95. The number of aryl methyl sites for hydroxylation is 1. The molecule has 2 saturated heterocycles. The molecule has 0 aromatic carbocycles. The second-order valence-corrected chi connectivity index (χ2v) is 5.58. The summed E-state index contributed by atoms with van der Waals surface area (Å²) in [4.78, 5) is 35.7. The van der Waals surface area contributed by atoms with Crippen molar-refractivity contribution in [1.82, 2.24) is 19.8 Å². The highest BCUT2D eigenvalue weighted by Gasteiger charge is 2.44. The van der Waals surface area contributed by atoms with E-state index in [1.807, 2.05) is 13.0 Å². The van der Waals surface area contributed by atoms with Crippen LogP contribution in [0.1, 0.15) is 19.0 Å². The minimum atomic E-state index is -0.332. The number of hydrogen-bond donors (Lipinski definition) is 1. The van der Waals surface area contributed by atoms with Gasteiger partial charge in [0.1, 0.15) is 18.2 Å². The lowest BCUT2D eigenvalue weighted by molar-refractivity contribution is -0.152. The van der Waals surface area contributed by atoms with Crippen molar-refractivity contribution in [2.24, 2.45) is 0 Å². The lowest BCUT2D eigenvalue weighted by Crippen LogP contribution is -2.55. The highest BCUT2D eigenvalue weighted by atomic mass is 16.2. The molecule has 112 valence electrons. The lowest BCUT2D eigenvalue weighted by atomic mass is 10.1. The fraction of sp³-hybridized carbons (Fsp3) is 0.571. The van der Waals surface area contributed by atoms with E-state index in [0.29, 0.717) is 13.0 Å². The first-order valence-electron chi connectivity index (χ1n) is 7.20. The molecule has 21 heavy (non-hydrogen) atoms. The summed E-state index contributed by atoms with van der Waals surface area (Å²) < 4.78 is 0. The van der Waals surface area contributed by atoms with Gasteiger partial charge in [-0.3, -0.25) is 9.59 Å². The van der Waals surface area contributed by atoms with Gasteiger partial charge in [0.25, 0.3) is 0 Å². The molecule has 2 fully saturated rings. The number of carbonyl (C=O) groups excluding carboxylic acids is 2. The molecule has 2 aliphatic rings. The summed E-state index contributed by atoms with van der Waals surface area (Å²) >= 11 is 0. The largest absolute Gasteiger partial charge is 0.365 e. The summed E-state index contributed by atoms with van der Waals surface area (Å²) in [6, 6.07) is 1.63. The average Bonchev–Trinajstić information content (AvgIpc) is 2.89. The van der Waals surface area contributed by atoms with Crippen LogP contribution in [0, 0.1) is 0 Å². The van der Waals surface area contributed by atoms with Crippen LogP contribution in [0.3, 0.4) is 0 Å². The number of aromatic nitrogens is 2. The Hall–Kier alpha value is -2.18. The number of nitrogens with zero attached hydrogens (tertiary/aromatic N) is 4. The van der Waals surface area contributed by atoms with E-state index in [9.17, 15) is 9.59 Å². The SMILES string of the molecule is CCc1cc(N[C@@H]2C[C@H]3C(=O)N(C)CC(=O)N3C2)ncn1. The maximum atomic E-state index is 12.1. The number of fused-ring (bicyclic) bond motifs is 1. The predicted octanol–water partition coefficient (Wildman–Crippen LogP) is -0.108. The second-order valence-electron chi connectivity index (χ2n) is 5.58. The van der Waals surface area contributed by atoms with Gasteiger partial charge in [0.15, 0.2) is 0 Å². The minimum Gasteiger partial charge on any atom is -0.365 e.